The standard InChI is InChI=1S/C42H81N3/c1-3-5-7-9-11-13-15-17-19-21-23-25-27-29-31-33-35-45(42-38-40(43)37-41(44)39-42)36-34-32-30-28-26-24-22-20-18-16-14-12-10-8-6-4-2/h37-39H,3-36,43-44H2,1-2H3. The Balaban J connectivity index is 2.07. The van der Waals surface area contributed by atoms with Gasteiger partial charge < -0.3 is 16.4 Å². The van der Waals surface area contributed by atoms with Crippen LogP contribution >= 0.6 is 0 Å². The van der Waals surface area contributed by atoms with E-state index in [-0.39, 0.29) is 0 Å². The molecule has 0 aliphatic carbocycles. The number of nitrogens with zero attached hydrogens (tertiary/aromatic N) is 1. The van der Waals surface area contributed by atoms with Gasteiger partial charge in [0.05, 0.1) is 0 Å². The van der Waals surface area contributed by atoms with Crippen molar-refractivity contribution in [2.24, 2.45) is 0 Å². The molecular formula is C42H81N3. The lowest BCUT2D eigenvalue weighted by Crippen LogP contribution is -2.26. The molecule has 4 N–H and O–H groups in total. The fourth-order valence-electron chi connectivity index (χ4n) is 6.91. The summed E-state index contributed by atoms with van der Waals surface area (Å²) in [5.74, 6) is 0. The number of rotatable bonds is 35. The molecule has 0 saturated heterocycles. The van der Waals surface area contributed by atoms with Crippen molar-refractivity contribution in [3.8, 4) is 0 Å². The Morgan fingerprint density at radius 3 is 0.800 bits per heavy atom. The van der Waals surface area contributed by atoms with E-state index in [0.717, 1.165) is 24.5 Å². The summed E-state index contributed by atoms with van der Waals surface area (Å²) >= 11 is 0. The third-order valence-electron chi connectivity index (χ3n) is 9.89. The molecule has 0 atom stereocenters. The molecule has 0 aliphatic rings. The van der Waals surface area contributed by atoms with Gasteiger partial charge in [0, 0.05) is 30.2 Å². The fourth-order valence-corrected chi connectivity index (χ4v) is 6.91. The first kappa shape index (κ1) is 41.6. The molecule has 1 aromatic rings. The SMILES string of the molecule is CCCCCCCCCCCCCCCCCCN(CCCCCCCCCCCCCCCCCC)c1cc(N)cc(N)c1. The molecule has 3 heteroatoms. The highest BCUT2D eigenvalue weighted by Gasteiger charge is 2.08. The average Bonchev–Trinajstić information content (AvgIpc) is 3.02. The van der Waals surface area contributed by atoms with Crippen LogP contribution in [0.4, 0.5) is 17.1 Å². The molecule has 264 valence electrons. The molecule has 45 heavy (non-hydrogen) atoms. The summed E-state index contributed by atoms with van der Waals surface area (Å²) in [6, 6.07) is 6.12. The number of nitrogen functional groups attached to an aromatic ring is 2. The van der Waals surface area contributed by atoms with Gasteiger partial charge in [-0.3, -0.25) is 0 Å². The van der Waals surface area contributed by atoms with Crippen LogP contribution in [0, 0.1) is 0 Å². The van der Waals surface area contributed by atoms with Crippen LogP contribution in [0.15, 0.2) is 18.2 Å². The monoisotopic (exact) mass is 628 g/mol. The second kappa shape index (κ2) is 32.6. The quantitative estimate of drug-likeness (QED) is 0.0581. The molecule has 3 nitrogen and oxygen atoms in total. The first-order valence-electron chi connectivity index (χ1n) is 20.6. The molecule has 0 fully saturated rings. The van der Waals surface area contributed by atoms with Gasteiger partial charge in [0.15, 0.2) is 0 Å². The van der Waals surface area contributed by atoms with Crippen LogP contribution in [0.3, 0.4) is 0 Å². The van der Waals surface area contributed by atoms with Crippen molar-refractivity contribution in [3.05, 3.63) is 18.2 Å². The molecule has 1 aromatic carbocycles. The third kappa shape index (κ3) is 27.4. The molecule has 0 saturated carbocycles. The van der Waals surface area contributed by atoms with E-state index in [0.29, 0.717) is 0 Å². The second-order valence-corrected chi connectivity index (χ2v) is 14.5. The maximum absolute atomic E-state index is 6.17. The predicted octanol–water partition coefficient (Wildman–Crippen LogP) is 14.2. The number of anilines is 3. The van der Waals surface area contributed by atoms with E-state index < -0.39 is 0 Å². The molecule has 0 unspecified atom stereocenters. The van der Waals surface area contributed by atoms with Crippen molar-refractivity contribution < 1.29 is 0 Å². The second-order valence-electron chi connectivity index (χ2n) is 14.5. The maximum atomic E-state index is 6.17. The normalized spacial score (nSPS) is 11.4. The summed E-state index contributed by atoms with van der Waals surface area (Å²) in [4.78, 5) is 2.56. The van der Waals surface area contributed by atoms with E-state index in [1.54, 1.807) is 0 Å². The summed E-state index contributed by atoms with van der Waals surface area (Å²) in [7, 11) is 0. The van der Waals surface area contributed by atoms with Crippen LogP contribution < -0.4 is 16.4 Å². The topological polar surface area (TPSA) is 55.3 Å². The molecule has 0 aromatic heterocycles. The highest BCUT2D eigenvalue weighted by molar-refractivity contribution is 5.65. The Morgan fingerprint density at radius 2 is 0.556 bits per heavy atom. The molecule has 0 aliphatic heterocycles. The van der Waals surface area contributed by atoms with Gasteiger partial charge in [-0.1, -0.05) is 206 Å². The van der Waals surface area contributed by atoms with Crippen molar-refractivity contribution >= 4 is 17.1 Å². The third-order valence-corrected chi connectivity index (χ3v) is 9.89. The lowest BCUT2D eigenvalue weighted by atomic mass is 10.0. The largest absolute Gasteiger partial charge is 0.399 e. The highest BCUT2D eigenvalue weighted by Crippen LogP contribution is 2.24. The molecule has 0 radical (unpaired) electrons. The minimum Gasteiger partial charge on any atom is -0.399 e. The van der Waals surface area contributed by atoms with Crippen molar-refractivity contribution in [2.45, 2.75) is 219 Å². The zero-order chi connectivity index (χ0) is 32.5. The van der Waals surface area contributed by atoms with E-state index in [4.69, 9.17) is 11.5 Å². The first-order valence-corrected chi connectivity index (χ1v) is 20.6. The molecule has 0 amide bonds. The van der Waals surface area contributed by atoms with E-state index >= 15 is 0 Å². The smallest absolute Gasteiger partial charge is 0.0407 e. The zero-order valence-electron chi connectivity index (χ0n) is 30.9. The minimum absolute atomic E-state index is 0.786. The van der Waals surface area contributed by atoms with Gasteiger partial charge in [-0.05, 0) is 31.0 Å². The van der Waals surface area contributed by atoms with Crippen LogP contribution in [0.5, 0.6) is 0 Å². The first-order chi connectivity index (χ1) is 22.2. The number of unbranched alkanes of at least 4 members (excludes halogenated alkanes) is 30. The average molecular weight is 628 g/mol. The summed E-state index contributed by atoms with van der Waals surface area (Å²) < 4.78 is 0. The minimum atomic E-state index is 0.786. The van der Waals surface area contributed by atoms with Crippen LogP contribution in [-0.4, -0.2) is 13.1 Å². The fraction of sp³-hybridized carbons (Fsp3) is 0.857. The van der Waals surface area contributed by atoms with Crippen molar-refractivity contribution in [2.75, 3.05) is 29.5 Å². The van der Waals surface area contributed by atoms with Crippen molar-refractivity contribution in [3.63, 3.8) is 0 Å². The van der Waals surface area contributed by atoms with Gasteiger partial charge in [0.1, 0.15) is 0 Å². The van der Waals surface area contributed by atoms with Crippen LogP contribution in [0.25, 0.3) is 0 Å². The van der Waals surface area contributed by atoms with E-state index in [1.165, 1.54) is 211 Å². The van der Waals surface area contributed by atoms with Gasteiger partial charge in [-0.25, -0.2) is 0 Å². The number of hydrogen-bond donors (Lipinski definition) is 2. The molecule has 0 bridgehead atoms. The van der Waals surface area contributed by atoms with E-state index in [1.807, 2.05) is 6.07 Å². The van der Waals surface area contributed by atoms with Crippen molar-refractivity contribution in [1.29, 1.82) is 0 Å². The Labute approximate surface area is 283 Å². The van der Waals surface area contributed by atoms with Gasteiger partial charge in [0.2, 0.25) is 0 Å². The van der Waals surface area contributed by atoms with Gasteiger partial charge in [-0.2, -0.15) is 0 Å². The molecule has 0 spiro atoms. The Morgan fingerprint density at radius 1 is 0.333 bits per heavy atom. The number of nitrogens with two attached hydrogens (primary N) is 2. The lowest BCUT2D eigenvalue weighted by Gasteiger charge is -2.26. The summed E-state index contributed by atoms with van der Waals surface area (Å²) in [5, 5.41) is 0. The van der Waals surface area contributed by atoms with Crippen LogP contribution in [0.1, 0.15) is 219 Å². The molecule has 1 rings (SSSR count). The number of hydrogen-bond acceptors (Lipinski definition) is 3. The van der Waals surface area contributed by atoms with Gasteiger partial charge in [-0.15, -0.1) is 0 Å². The van der Waals surface area contributed by atoms with Crippen LogP contribution in [-0.2, 0) is 0 Å². The summed E-state index contributed by atoms with van der Waals surface area (Å²) in [6.45, 7) is 6.85. The number of benzene rings is 1. The van der Waals surface area contributed by atoms with Crippen molar-refractivity contribution in [1.82, 2.24) is 0 Å². The Hall–Kier alpha value is -1.38. The van der Waals surface area contributed by atoms with Gasteiger partial charge >= 0.3 is 0 Å². The predicted molar refractivity (Wildman–Crippen MR) is 207 cm³/mol. The zero-order valence-corrected chi connectivity index (χ0v) is 30.9. The maximum Gasteiger partial charge on any atom is 0.0407 e. The lowest BCUT2D eigenvalue weighted by molar-refractivity contribution is 0.524. The van der Waals surface area contributed by atoms with E-state index in [2.05, 4.69) is 30.9 Å². The molecule has 0 heterocycles. The van der Waals surface area contributed by atoms with Crippen LogP contribution in [0.2, 0.25) is 0 Å². The Bertz CT molecular complexity index is 676. The molecular weight excluding hydrogens is 546 g/mol. The highest BCUT2D eigenvalue weighted by atomic mass is 15.1. The van der Waals surface area contributed by atoms with Gasteiger partial charge in [0.25, 0.3) is 0 Å². The summed E-state index contributed by atoms with van der Waals surface area (Å²) in [5.41, 5.74) is 15.1. The Kier molecular flexibility index (Phi) is 30.1. The summed E-state index contributed by atoms with van der Waals surface area (Å²) in [6.07, 6.45) is 45.3. The van der Waals surface area contributed by atoms with E-state index in [9.17, 15) is 0 Å².